The first-order chi connectivity index (χ1) is 15.2. The molecule has 1 aliphatic rings. The maximum atomic E-state index is 12.6. The number of ether oxygens (including phenoxy) is 1. The minimum absolute atomic E-state index is 0.00229. The maximum absolute atomic E-state index is 12.6. The van der Waals surface area contributed by atoms with E-state index in [1.165, 1.54) is 5.56 Å². The number of fused-ring (bicyclic) bond motifs is 2. The van der Waals surface area contributed by atoms with Gasteiger partial charge < -0.3 is 19.0 Å². The Morgan fingerprint density at radius 2 is 1.94 bits per heavy atom. The second-order valence-electron chi connectivity index (χ2n) is 7.95. The molecule has 2 aromatic heterocycles. The summed E-state index contributed by atoms with van der Waals surface area (Å²) in [4.78, 5) is 17.5. The van der Waals surface area contributed by atoms with Crippen LogP contribution in [0.15, 0.2) is 59.1 Å². The molecule has 0 fully saturated rings. The van der Waals surface area contributed by atoms with Crippen LogP contribution in [0.5, 0.6) is 5.75 Å². The van der Waals surface area contributed by atoms with Gasteiger partial charge in [-0.2, -0.15) is 0 Å². The van der Waals surface area contributed by atoms with E-state index < -0.39 is 0 Å². The minimum atomic E-state index is -0.00229. The smallest absolute Gasteiger partial charge is 0.222 e. The number of benzene rings is 2. The molecule has 0 saturated heterocycles. The summed E-state index contributed by atoms with van der Waals surface area (Å²) in [5.41, 5.74) is 3.39. The predicted molar refractivity (Wildman–Crippen MR) is 116 cm³/mol. The van der Waals surface area contributed by atoms with Gasteiger partial charge in [-0.15, -0.1) is 10.2 Å². The molecule has 0 radical (unpaired) electrons. The minimum Gasteiger partial charge on any atom is -0.488 e. The van der Waals surface area contributed by atoms with Crippen LogP contribution in [0, 0.1) is 0 Å². The highest BCUT2D eigenvalue weighted by Crippen LogP contribution is 2.28. The number of hydrogen-bond donors (Lipinski definition) is 1. The number of aryl methyl sites for hydroxylation is 1. The van der Waals surface area contributed by atoms with Gasteiger partial charge in [-0.3, -0.25) is 4.79 Å². The van der Waals surface area contributed by atoms with Crippen LogP contribution in [-0.2, 0) is 24.1 Å². The summed E-state index contributed by atoms with van der Waals surface area (Å²) in [5.74, 6) is 2.00. The van der Waals surface area contributed by atoms with Crippen LogP contribution < -0.4 is 4.74 Å². The van der Waals surface area contributed by atoms with E-state index in [1.54, 1.807) is 4.90 Å². The quantitative estimate of drug-likeness (QED) is 0.498. The summed E-state index contributed by atoms with van der Waals surface area (Å²) in [6, 6.07) is 16.1. The molecule has 0 unspecified atom stereocenters. The van der Waals surface area contributed by atoms with Crippen LogP contribution in [0.4, 0.5) is 0 Å². The molecule has 1 amide bonds. The molecule has 0 spiro atoms. The number of rotatable bonds is 7. The van der Waals surface area contributed by atoms with Crippen molar-refractivity contribution < 1.29 is 13.9 Å². The molecule has 0 saturated carbocycles. The molecule has 1 N–H and O–H groups in total. The number of nitrogens with zero attached hydrogens (tertiary/aromatic N) is 3. The zero-order valence-electron chi connectivity index (χ0n) is 17.4. The number of carbonyl (C=O) groups excluding carboxylic acids is 1. The lowest BCUT2D eigenvalue weighted by atomic mass is 10.1. The normalized spacial score (nSPS) is 15.1. The molecule has 7 heteroatoms. The van der Waals surface area contributed by atoms with Gasteiger partial charge in [0.25, 0.3) is 0 Å². The Hall–Kier alpha value is -3.61. The molecule has 0 bridgehead atoms. The number of nitrogens with one attached hydrogen (secondary N) is 1. The Morgan fingerprint density at radius 1 is 1.13 bits per heavy atom. The molecule has 3 heterocycles. The Bertz CT molecular complexity index is 1190. The second kappa shape index (κ2) is 8.26. The van der Waals surface area contributed by atoms with E-state index in [0.717, 1.165) is 28.6 Å². The number of likely N-dealkylation sites (N-methyl/N-ethyl adjacent to an activating group) is 1. The number of aromatic nitrogens is 3. The molecule has 2 aromatic carbocycles. The molecule has 5 rings (SSSR count). The highest BCUT2D eigenvalue weighted by Gasteiger charge is 2.25. The van der Waals surface area contributed by atoms with Crippen molar-refractivity contribution in [1.82, 2.24) is 20.1 Å². The SMILES string of the molecule is CN(C[C@H]1Cc2ccccc2O1)C(=O)CCc1nnc(Cc2c[nH]c3ccccc23)o1. The first-order valence-corrected chi connectivity index (χ1v) is 10.5. The lowest BCUT2D eigenvalue weighted by molar-refractivity contribution is -0.130. The van der Waals surface area contributed by atoms with Crippen molar-refractivity contribution in [1.29, 1.82) is 0 Å². The molecular formula is C24H24N4O3. The number of aromatic amines is 1. The predicted octanol–water partition coefficient (Wildman–Crippen LogP) is 3.54. The molecule has 1 aliphatic heterocycles. The van der Waals surface area contributed by atoms with Crippen LogP contribution in [0.3, 0.4) is 0 Å². The summed E-state index contributed by atoms with van der Waals surface area (Å²) in [7, 11) is 1.81. The first-order valence-electron chi connectivity index (χ1n) is 10.5. The maximum Gasteiger partial charge on any atom is 0.222 e. The number of para-hydroxylation sites is 2. The third-order valence-electron chi connectivity index (χ3n) is 5.70. The second-order valence-corrected chi connectivity index (χ2v) is 7.95. The fourth-order valence-electron chi connectivity index (χ4n) is 4.07. The Labute approximate surface area is 180 Å². The van der Waals surface area contributed by atoms with Gasteiger partial charge >= 0.3 is 0 Å². The monoisotopic (exact) mass is 416 g/mol. The average Bonchev–Trinajstić information content (AvgIpc) is 3.50. The summed E-state index contributed by atoms with van der Waals surface area (Å²) >= 11 is 0. The van der Waals surface area contributed by atoms with Crippen molar-refractivity contribution in [2.45, 2.75) is 31.8 Å². The fraction of sp³-hybridized carbons (Fsp3) is 0.292. The van der Waals surface area contributed by atoms with E-state index in [0.29, 0.717) is 37.6 Å². The summed E-state index contributed by atoms with van der Waals surface area (Å²) in [6.45, 7) is 0.559. The van der Waals surface area contributed by atoms with E-state index >= 15 is 0 Å². The highest BCUT2D eigenvalue weighted by molar-refractivity contribution is 5.83. The van der Waals surface area contributed by atoms with Gasteiger partial charge in [0.15, 0.2) is 0 Å². The van der Waals surface area contributed by atoms with E-state index in [4.69, 9.17) is 9.15 Å². The zero-order valence-corrected chi connectivity index (χ0v) is 17.4. The van der Waals surface area contributed by atoms with Gasteiger partial charge in [0, 0.05) is 43.4 Å². The van der Waals surface area contributed by atoms with Crippen molar-refractivity contribution in [2.75, 3.05) is 13.6 Å². The van der Waals surface area contributed by atoms with Crippen molar-refractivity contribution in [3.05, 3.63) is 77.6 Å². The van der Waals surface area contributed by atoms with E-state index in [9.17, 15) is 4.79 Å². The lowest BCUT2D eigenvalue weighted by Crippen LogP contribution is -2.36. The fourth-order valence-corrected chi connectivity index (χ4v) is 4.07. The van der Waals surface area contributed by atoms with Crippen molar-refractivity contribution in [3.8, 4) is 5.75 Å². The van der Waals surface area contributed by atoms with Gasteiger partial charge in [0.2, 0.25) is 17.7 Å². The standard InChI is InChI=1S/C24H24N4O3/c1-28(15-18-12-16-6-2-5-9-21(16)30-18)24(29)11-10-22-26-27-23(31-22)13-17-14-25-20-8-4-3-7-19(17)20/h2-9,14,18,25H,10-13,15H2,1H3/t18-/m1/s1. The van der Waals surface area contributed by atoms with E-state index in [2.05, 4.69) is 27.3 Å². The van der Waals surface area contributed by atoms with Crippen molar-refractivity contribution in [2.24, 2.45) is 0 Å². The first kappa shape index (κ1) is 19.4. The lowest BCUT2D eigenvalue weighted by Gasteiger charge is -2.20. The van der Waals surface area contributed by atoms with Crippen LogP contribution in [0.25, 0.3) is 10.9 Å². The van der Waals surface area contributed by atoms with Gasteiger partial charge in [-0.25, -0.2) is 0 Å². The third kappa shape index (κ3) is 4.17. The average molecular weight is 416 g/mol. The van der Waals surface area contributed by atoms with Crippen LogP contribution in [-0.4, -0.2) is 45.7 Å². The number of amides is 1. The largest absolute Gasteiger partial charge is 0.488 e. The van der Waals surface area contributed by atoms with Crippen molar-refractivity contribution in [3.63, 3.8) is 0 Å². The third-order valence-corrected chi connectivity index (χ3v) is 5.70. The van der Waals surface area contributed by atoms with E-state index in [-0.39, 0.29) is 12.0 Å². The summed E-state index contributed by atoms with van der Waals surface area (Å²) in [6.07, 6.45) is 4.11. The highest BCUT2D eigenvalue weighted by atomic mass is 16.5. The molecular weight excluding hydrogens is 392 g/mol. The van der Waals surface area contributed by atoms with Gasteiger partial charge in [0.1, 0.15) is 11.9 Å². The van der Waals surface area contributed by atoms with Gasteiger partial charge in [-0.1, -0.05) is 36.4 Å². The number of H-pyrrole nitrogens is 1. The Balaban J connectivity index is 1.13. The molecule has 31 heavy (non-hydrogen) atoms. The Morgan fingerprint density at radius 3 is 2.84 bits per heavy atom. The number of carbonyl (C=O) groups is 1. The number of hydrogen-bond acceptors (Lipinski definition) is 5. The molecule has 158 valence electrons. The van der Waals surface area contributed by atoms with Gasteiger partial charge in [0.05, 0.1) is 13.0 Å². The van der Waals surface area contributed by atoms with Crippen LogP contribution >= 0.6 is 0 Å². The zero-order chi connectivity index (χ0) is 21.2. The van der Waals surface area contributed by atoms with Gasteiger partial charge in [-0.05, 0) is 23.3 Å². The molecule has 7 nitrogen and oxygen atoms in total. The van der Waals surface area contributed by atoms with Crippen molar-refractivity contribution >= 4 is 16.8 Å². The molecule has 0 aliphatic carbocycles. The Kier molecular flexibility index (Phi) is 5.16. The molecule has 4 aromatic rings. The summed E-state index contributed by atoms with van der Waals surface area (Å²) in [5, 5.41) is 9.42. The van der Waals surface area contributed by atoms with E-state index in [1.807, 2.05) is 49.6 Å². The van der Waals surface area contributed by atoms with Crippen LogP contribution in [0.2, 0.25) is 0 Å². The van der Waals surface area contributed by atoms with Crippen LogP contribution in [0.1, 0.15) is 29.3 Å². The summed E-state index contributed by atoms with van der Waals surface area (Å²) < 4.78 is 11.7. The topological polar surface area (TPSA) is 84.2 Å². The molecule has 1 atom stereocenters.